The van der Waals surface area contributed by atoms with Crippen molar-refractivity contribution in [2.45, 2.75) is 57.2 Å². The molecule has 1 atom stereocenters. The standard InChI is InChI=1S/C17H28N4O2/c22-17(19-15-5-2-1-3-6-15)7-10-20-11-12-23-16(13-20)14-21-9-4-8-18-21/h4,8-9,15-16H,1-3,5-7,10-14H2,(H,19,22)/t16-/m0/s1. The Bertz CT molecular complexity index is 471. The molecular weight excluding hydrogens is 292 g/mol. The molecule has 3 rings (SSSR count). The summed E-state index contributed by atoms with van der Waals surface area (Å²) in [5.41, 5.74) is 0. The number of carbonyl (C=O) groups is 1. The predicted molar refractivity (Wildman–Crippen MR) is 88.0 cm³/mol. The van der Waals surface area contributed by atoms with Gasteiger partial charge >= 0.3 is 0 Å². The Morgan fingerprint density at radius 3 is 2.96 bits per heavy atom. The van der Waals surface area contributed by atoms with E-state index in [-0.39, 0.29) is 12.0 Å². The molecule has 0 aromatic carbocycles. The molecule has 1 aromatic rings. The Balaban J connectivity index is 1.36. The molecule has 1 saturated heterocycles. The summed E-state index contributed by atoms with van der Waals surface area (Å²) in [6.07, 6.45) is 10.6. The number of rotatable bonds is 6. The number of nitrogens with zero attached hydrogens (tertiary/aromatic N) is 3. The minimum atomic E-state index is 0.157. The number of hydrogen-bond donors (Lipinski definition) is 1. The van der Waals surface area contributed by atoms with E-state index in [1.54, 1.807) is 6.20 Å². The largest absolute Gasteiger partial charge is 0.374 e. The highest BCUT2D eigenvalue weighted by molar-refractivity contribution is 5.76. The normalized spacial score (nSPS) is 23.7. The number of aromatic nitrogens is 2. The van der Waals surface area contributed by atoms with Crippen LogP contribution in [0, 0.1) is 0 Å². The Morgan fingerprint density at radius 1 is 1.30 bits per heavy atom. The van der Waals surface area contributed by atoms with E-state index in [9.17, 15) is 4.79 Å². The minimum absolute atomic E-state index is 0.157. The van der Waals surface area contributed by atoms with Crippen LogP contribution in [0.15, 0.2) is 18.5 Å². The van der Waals surface area contributed by atoms with Crippen LogP contribution in [0.3, 0.4) is 0 Å². The van der Waals surface area contributed by atoms with Crippen LogP contribution >= 0.6 is 0 Å². The number of hydrogen-bond acceptors (Lipinski definition) is 4. The lowest BCUT2D eigenvalue weighted by molar-refractivity contribution is -0.122. The SMILES string of the molecule is O=C(CCN1CCO[C@H](Cn2cccn2)C1)NC1CCCCC1. The van der Waals surface area contributed by atoms with Gasteiger partial charge in [0.15, 0.2) is 0 Å². The monoisotopic (exact) mass is 320 g/mol. The van der Waals surface area contributed by atoms with E-state index in [0.717, 1.165) is 45.6 Å². The molecule has 2 aliphatic rings. The van der Waals surface area contributed by atoms with Gasteiger partial charge in [0, 0.05) is 44.5 Å². The fourth-order valence-electron chi connectivity index (χ4n) is 3.52. The van der Waals surface area contributed by atoms with Crippen molar-refractivity contribution in [2.75, 3.05) is 26.2 Å². The summed E-state index contributed by atoms with van der Waals surface area (Å²) in [7, 11) is 0. The third-order valence-electron chi connectivity index (χ3n) is 4.80. The maximum atomic E-state index is 12.1. The van der Waals surface area contributed by atoms with E-state index < -0.39 is 0 Å². The molecule has 6 heteroatoms. The molecule has 23 heavy (non-hydrogen) atoms. The lowest BCUT2D eigenvalue weighted by Gasteiger charge is -2.33. The smallest absolute Gasteiger partial charge is 0.221 e. The molecule has 1 N–H and O–H groups in total. The maximum Gasteiger partial charge on any atom is 0.221 e. The predicted octanol–water partition coefficient (Wildman–Crippen LogP) is 1.42. The van der Waals surface area contributed by atoms with Crippen LogP contribution in [0.1, 0.15) is 38.5 Å². The zero-order valence-corrected chi connectivity index (χ0v) is 13.8. The van der Waals surface area contributed by atoms with Gasteiger partial charge in [-0.2, -0.15) is 5.10 Å². The van der Waals surface area contributed by atoms with Crippen molar-refractivity contribution < 1.29 is 9.53 Å². The van der Waals surface area contributed by atoms with Gasteiger partial charge in [-0.25, -0.2) is 0 Å². The summed E-state index contributed by atoms with van der Waals surface area (Å²) in [6.45, 7) is 4.11. The molecule has 1 aliphatic heterocycles. The molecule has 1 aliphatic carbocycles. The Hall–Kier alpha value is -1.40. The molecule has 2 fully saturated rings. The van der Waals surface area contributed by atoms with Crippen LogP contribution in [0.25, 0.3) is 0 Å². The lowest BCUT2D eigenvalue weighted by atomic mass is 9.95. The second-order valence-electron chi connectivity index (χ2n) is 6.67. The van der Waals surface area contributed by atoms with Crippen molar-refractivity contribution in [3.05, 3.63) is 18.5 Å². The summed E-state index contributed by atoms with van der Waals surface area (Å²) in [5.74, 6) is 0.201. The molecule has 0 unspecified atom stereocenters. The van der Waals surface area contributed by atoms with Gasteiger partial charge in [0.05, 0.1) is 19.3 Å². The highest BCUT2D eigenvalue weighted by Crippen LogP contribution is 2.17. The first-order valence-corrected chi connectivity index (χ1v) is 8.90. The molecule has 1 amide bonds. The molecule has 1 saturated carbocycles. The average Bonchev–Trinajstić information content (AvgIpc) is 3.07. The van der Waals surface area contributed by atoms with Crippen LogP contribution < -0.4 is 5.32 Å². The van der Waals surface area contributed by atoms with E-state index in [2.05, 4.69) is 15.3 Å². The fourth-order valence-corrected chi connectivity index (χ4v) is 3.52. The van der Waals surface area contributed by atoms with Crippen LogP contribution in [0.2, 0.25) is 0 Å². The molecule has 2 heterocycles. The summed E-state index contributed by atoms with van der Waals surface area (Å²) in [6, 6.07) is 2.34. The van der Waals surface area contributed by atoms with E-state index in [1.807, 2.05) is 16.9 Å². The second kappa shape index (κ2) is 8.45. The molecular formula is C17H28N4O2. The molecule has 0 spiro atoms. The fraction of sp³-hybridized carbons (Fsp3) is 0.765. The van der Waals surface area contributed by atoms with E-state index in [1.165, 1.54) is 19.3 Å². The first-order chi connectivity index (χ1) is 11.3. The van der Waals surface area contributed by atoms with Gasteiger partial charge in [0.2, 0.25) is 5.91 Å². The van der Waals surface area contributed by atoms with Gasteiger partial charge in [-0.1, -0.05) is 19.3 Å². The Morgan fingerprint density at radius 2 is 2.17 bits per heavy atom. The third kappa shape index (κ3) is 5.32. The van der Waals surface area contributed by atoms with Crippen molar-refractivity contribution in [1.82, 2.24) is 20.0 Å². The van der Waals surface area contributed by atoms with Gasteiger partial charge in [-0.15, -0.1) is 0 Å². The van der Waals surface area contributed by atoms with Crippen LogP contribution in [-0.4, -0.2) is 59.0 Å². The van der Waals surface area contributed by atoms with Gasteiger partial charge in [0.1, 0.15) is 0 Å². The minimum Gasteiger partial charge on any atom is -0.374 e. The summed E-state index contributed by atoms with van der Waals surface area (Å²) in [5, 5.41) is 7.42. The highest BCUT2D eigenvalue weighted by atomic mass is 16.5. The molecule has 1 aromatic heterocycles. The molecule has 128 valence electrons. The summed E-state index contributed by atoms with van der Waals surface area (Å²) < 4.78 is 7.71. The third-order valence-corrected chi connectivity index (χ3v) is 4.80. The van der Waals surface area contributed by atoms with E-state index >= 15 is 0 Å². The number of nitrogens with one attached hydrogen (secondary N) is 1. The molecule has 0 radical (unpaired) electrons. The van der Waals surface area contributed by atoms with Crippen molar-refractivity contribution in [3.8, 4) is 0 Å². The van der Waals surface area contributed by atoms with Gasteiger partial charge in [-0.3, -0.25) is 14.4 Å². The average molecular weight is 320 g/mol. The topological polar surface area (TPSA) is 59.4 Å². The molecule has 6 nitrogen and oxygen atoms in total. The quantitative estimate of drug-likeness (QED) is 0.861. The lowest BCUT2D eigenvalue weighted by Crippen LogP contribution is -2.46. The summed E-state index contributed by atoms with van der Waals surface area (Å²) in [4.78, 5) is 14.4. The van der Waals surface area contributed by atoms with Gasteiger partial charge < -0.3 is 10.1 Å². The number of carbonyl (C=O) groups excluding carboxylic acids is 1. The second-order valence-corrected chi connectivity index (χ2v) is 6.67. The number of morpholine rings is 1. The number of amides is 1. The van der Waals surface area contributed by atoms with E-state index in [4.69, 9.17) is 4.74 Å². The zero-order valence-electron chi connectivity index (χ0n) is 13.8. The first kappa shape index (κ1) is 16.5. The van der Waals surface area contributed by atoms with Crippen molar-refractivity contribution >= 4 is 5.91 Å². The van der Waals surface area contributed by atoms with Crippen LogP contribution in [-0.2, 0) is 16.1 Å². The van der Waals surface area contributed by atoms with Crippen molar-refractivity contribution in [1.29, 1.82) is 0 Å². The maximum absolute atomic E-state index is 12.1. The van der Waals surface area contributed by atoms with Crippen molar-refractivity contribution in [3.63, 3.8) is 0 Å². The van der Waals surface area contributed by atoms with E-state index in [0.29, 0.717) is 12.5 Å². The highest BCUT2D eigenvalue weighted by Gasteiger charge is 2.22. The zero-order chi connectivity index (χ0) is 15.9. The van der Waals surface area contributed by atoms with Gasteiger partial charge in [0.25, 0.3) is 0 Å². The molecule has 0 bridgehead atoms. The van der Waals surface area contributed by atoms with Crippen molar-refractivity contribution in [2.24, 2.45) is 0 Å². The van der Waals surface area contributed by atoms with Crippen LogP contribution in [0.4, 0.5) is 0 Å². The van der Waals surface area contributed by atoms with Crippen LogP contribution in [0.5, 0.6) is 0 Å². The number of ether oxygens (including phenoxy) is 1. The first-order valence-electron chi connectivity index (χ1n) is 8.90. The van der Waals surface area contributed by atoms with Gasteiger partial charge in [-0.05, 0) is 18.9 Å². The summed E-state index contributed by atoms with van der Waals surface area (Å²) >= 11 is 0. The Labute approximate surface area is 138 Å². The Kier molecular flexibility index (Phi) is 6.05.